The number of nitrogens with one attached hydrogen (secondary N) is 1. The molecule has 2 aliphatic rings. The summed E-state index contributed by atoms with van der Waals surface area (Å²) in [6.45, 7) is 4.43. The Morgan fingerprint density at radius 2 is 2.10 bits per heavy atom. The molecule has 1 aromatic carbocycles. The van der Waals surface area contributed by atoms with Gasteiger partial charge in [0, 0.05) is 24.7 Å². The number of ether oxygens (including phenoxy) is 2. The Hall–Kier alpha value is -2.24. The Kier molecular flexibility index (Phi) is 3.23. The number of fused-ring (bicyclic) bond motifs is 1. The Morgan fingerprint density at radius 3 is 2.76 bits per heavy atom. The van der Waals surface area contributed by atoms with Crippen LogP contribution in [0.5, 0.6) is 11.5 Å². The van der Waals surface area contributed by atoms with E-state index in [0.717, 1.165) is 0 Å². The molecule has 2 amide bonds. The lowest BCUT2D eigenvalue weighted by Crippen LogP contribution is -2.66. The van der Waals surface area contributed by atoms with Crippen LogP contribution in [0.2, 0.25) is 0 Å². The zero-order valence-corrected chi connectivity index (χ0v) is 12.1. The van der Waals surface area contributed by atoms with Gasteiger partial charge < -0.3 is 19.7 Å². The molecule has 2 aliphatic heterocycles. The van der Waals surface area contributed by atoms with Crippen molar-refractivity contribution < 1.29 is 19.1 Å². The minimum atomic E-state index is -0.760. The first-order chi connectivity index (χ1) is 10.0. The lowest BCUT2D eigenvalue weighted by atomic mass is 9.85. The van der Waals surface area contributed by atoms with Crippen molar-refractivity contribution in [2.24, 2.45) is 0 Å². The third kappa shape index (κ3) is 2.20. The highest BCUT2D eigenvalue weighted by atomic mass is 16.7. The Morgan fingerprint density at radius 1 is 1.33 bits per heavy atom. The number of amides is 2. The van der Waals surface area contributed by atoms with Crippen molar-refractivity contribution in [3.8, 4) is 11.5 Å². The monoisotopic (exact) mass is 290 g/mol. The van der Waals surface area contributed by atoms with E-state index in [4.69, 9.17) is 9.47 Å². The molecule has 0 aromatic heterocycles. The van der Waals surface area contributed by atoms with Gasteiger partial charge in [-0.25, -0.2) is 0 Å². The molecule has 1 N–H and O–H groups in total. The Balaban J connectivity index is 1.73. The van der Waals surface area contributed by atoms with Gasteiger partial charge in [-0.2, -0.15) is 0 Å². The predicted octanol–water partition coefficient (Wildman–Crippen LogP) is 1.75. The molecule has 0 bridgehead atoms. The Labute approximate surface area is 123 Å². The van der Waals surface area contributed by atoms with Crippen LogP contribution >= 0.6 is 0 Å². The normalized spacial score (nSPS) is 22.7. The molecule has 1 aromatic rings. The van der Waals surface area contributed by atoms with Crippen LogP contribution in [0.4, 0.5) is 5.69 Å². The molecular formula is C15H18N2O4. The van der Waals surface area contributed by atoms with Crippen LogP contribution in [-0.2, 0) is 9.59 Å². The lowest BCUT2D eigenvalue weighted by Gasteiger charge is -2.49. The first kappa shape index (κ1) is 13.7. The molecule has 6 nitrogen and oxygen atoms in total. The molecule has 1 atom stereocenters. The summed E-state index contributed by atoms with van der Waals surface area (Å²) in [7, 11) is 0. The van der Waals surface area contributed by atoms with Gasteiger partial charge in [0.2, 0.25) is 18.6 Å². The predicted molar refractivity (Wildman–Crippen MR) is 76.2 cm³/mol. The third-order valence-electron chi connectivity index (χ3n) is 4.14. The molecule has 1 fully saturated rings. The van der Waals surface area contributed by atoms with E-state index in [2.05, 4.69) is 5.32 Å². The second kappa shape index (κ2) is 4.95. The van der Waals surface area contributed by atoms with Gasteiger partial charge in [-0.15, -0.1) is 0 Å². The number of nitrogens with zero attached hydrogens (tertiary/aromatic N) is 1. The first-order valence-electron chi connectivity index (χ1n) is 7.06. The van der Waals surface area contributed by atoms with Crippen molar-refractivity contribution in [2.75, 3.05) is 18.7 Å². The highest BCUT2D eigenvalue weighted by Crippen LogP contribution is 2.36. The van der Waals surface area contributed by atoms with E-state index in [-0.39, 0.29) is 18.6 Å². The summed E-state index contributed by atoms with van der Waals surface area (Å²) in [4.78, 5) is 25.9. The van der Waals surface area contributed by atoms with Crippen molar-refractivity contribution in [1.82, 2.24) is 4.90 Å². The maximum absolute atomic E-state index is 12.5. The van der Waals surface area contributed by atoms with E-state index < -0.39 is 5.54 Å². The fraction of sp³-hybridized carbons (Fsp3) is 0.467. The van der Waals surface area contributed by atoms with E-state index >= 15 is 0 Å². The summed E-state index contributed by atoms with van der Waals surface area (Å²) in [5.41, 5.74) is -0.120. The van der Waals surface area contributed by atoms with Crippen LogP contribution in [0, 0.1) is 0 Å². The topological polar surface area (TPSA) is 67.9 Å². The molecule has 0 saturated carbocycles. The quantitative estimate of drug-likeness (QED) is 0.921. The van der Waals surface area contributed by atoms with Crippen molar-refractivity contribution >= 4 is 17.5 Å². The highest BCUT2D eigenvalue weighted by Gasteiger charge is 2.48. The minimum Gasteiger partial charge on any atom is -0.454 e. The zero-order chi connectivity index (χ0) is 15.0. The number of carbonyl (C=O) groups excluding carboxylic acids is 2. The third-order valence-corrected chi connectivity index (χ3v) is 4.14. The average Bonchev–Trinajstić information content (AvgIpc) is 2.92. The number of rotatable bonds is 3. The summed E-state index contributed by atoms with van der Waals surface area (Å²) in [6, 6.07) is 5.25. The highest BCUT2D eigenvalue weighted by molar-refractivity contribution is 6.01. The largest absolute Gasteiger partial charge is 0.454 e. The maximum Gasteiger partial charge on any atom is 0.250 e. The van der Waals surface area contributed by atoms with Gasteiger partial charge in [0.05, 0.1) is 0 Å². The Bertz CT molecular complexity index is 601. The standard InChI is InChI=1S/C15H18N2O4/c1-3-13(18)17-7-6-15(17,2)14(19)16-10-4-5-11-12(8-10)21-9-20-11/h4-5,8H,3,6-7,9H2,1-2H3,(H,16,19). The van der Waals surface area contributed by atoms with E-state index in [1.54, 1.807) is 36.9 Å². The van der Waals surface area contributed by atoms with Gasteiger partial charge in [-0.1, -0.05) is 6.92 Å². The van der Waals surface area contributed by atoms with Crippen LogP contribution < -0.4 is 14.8 Å². The van der Waals surface area contributed by atoms with E-state index in [0.29, 0.717) is 36.6 Å². The van der Waals surface area contributed by atoms with Crippen LogP contribution in [-0.4, -0.2) is 35.6 Å². The number of hydrogen-bond donors (Lipinski definition) is 1. The molecule has 0 radical (unpaired) electrons. The smallest absolute Gasteiger partial charge is 0.250 e. The van der Waals surface area contributed by atoms with E-state index in [1.807, 2.05) is 0 Å². The van der Waals surface area contributed by atoms with Crippen molar-refractivity contribution in [3.63, 3.8) is 0 Å². The summed E-state index contributed by atoms with van der Waals surface area (Å²) in [5, 5.41) is 2.85. The van der Waals surface area contributed by atoms with Crippen LogP contribution in [0.25, 0.3) is 0 Å². The number of hydrogen-bond acceptors (Lipinski definition) is 4. The number of anilines is 1. The molecule has 1 unspecified atom stereocenters. The van der Waals surface area contributed by atoms with E-state index in [1.165, 1.54) is 0 Å². The second-order valence-corrected chi connectivity index (χ2v) is 5.44. The van der Waals surface area contributed by atoms with Gasteiger partial charge in [-0.05, 0) is 25.5 Å². The maximum atomic E-state index is 12.5. The molecule has 0 spiro atoms. The van der Waals surface area contributed by atoms with Gasteiger partial charge >= 0.3 is 0 Å². The van der Waals surface area contributed by atoms with Crippen LogP contribution in [0.1, 0.15) is 26.7 Å². The lowest BCUT2D eigenvalue weighted by molar-refractivity contribution is -0.154. The SMILES string of the molecule is CCC(=O)N1CCC1(C)C(=O)Nc1ccc2c(c1)OCO2. The second-order valence-electron chi connectivity index (χ2n) is 5.44. The molecule has 2 heterocycles. The van der Waals surface area contributed by atoms with Crippen LogP contribution in [0.15, 0.2) is 18.2 Å². The number of benzene rings is 1. The molecule has 0 aliphatic carbocycles. The molecule has 3 rings (SSSR count). The van der Waals surface area contributed by atoms with E-state index in [9.17, 15) is 9.59 Å². The molecular weight excluding hydrogens is 272 g/mol. The molecule has 1 saturated heterocycles. The summed E-state index contributed by atoms with van der Waals surface area (Å²) in [5.74, 6) is 1.12. The zero-order valence-electron chi connectivity index (χ0n) is 12.1. The van der Waals surface area contributed by atoms with Crippen molar-refractivity contribution in [1.29, 1.82) is 0 Å². The van der Waals surface area contributed by atoms with Crippen molar-refractivity contribution in [2.45, 2.75) is 32.2 Å². The number of carbonyl (C=O) groups is 2. The summed E-state index contributed by atoms with van der Waals surface area (Å²) < 4.78 is 10.5. The van der Waals surface area contributed by atoms with Gasteiger partial charge in [0.25, 0.3) is 0 Å². The minimum absolute atomic E-state index is 0.00425. The molecule has 21 heavy (non-hydrogen) atoms. The number of likely N-dealkylation sites (tertiary alicyclic amines) is 1. The van der Waals surface area contributed by atoms with Gasteiger partial charge in [-0.3, -0.25) is 9.59 Å². The fourth-order valence-corrected chi connectivity index (χ4v) is 2.63. The molecule has 6 heteroatoms. The summed E-state index contributed by atoms with van der Waals surface area (Å²) >= 11 is 0. The van der Waals surface area contributed by atoms with Crippen LogP contribution in [0.3, 0.4) is 0 Å². The van der Waals surface area contributed by atoms with Crippen molar-refractivity contribution in [3.05, 3.63) is 18.2 Å². The molecule has 112 valence electrons. The first-order valence-corrected chi connectivity index (χ1v) is 7.06. The average molecular weight is 290 g/mol. The van der Waals surface area contributed by atoms with Gasteiger partial charge in [0.1, 0.15) is 5.54 Å². The van der Waals surface area contributed by atoms with Gasteiger partial charge in [0.15, 0.2) is 11.5 Å². The fourth-order valence-electron chi connectivity index (χ4n) is 2.63. The summed E-state index contributed by atoms with van der Waals surface area (Å²) in [6.07, 6.45) is 1.09.